The lowest BCUT2D eigenvalue weighted by Gasteiger charge is -2.24. The zero-order valence-corrected chi connectivity index (χ0v) is 7.76. The van der Waals surface area contributed by atoms with Crippen LogP contribution in [0, 0.1) is 0 Å². The average Bonchev–Trinajstić information content (AvgIpc) is 1.58. The van der Waals surface area contributed by atoms with Gasteiger partial charge in [0.05, 0.1) is 13.3 Å². The Balaban J connectivity index is -0.000000405. The van der Waals surface area contributed by atoms with Crippen molar-refractivity contribution < 1.29 is 0 Å². The Kier molecular flexibility index (Phi) is 13.3. The Morgan fingerprint density at radius 2 is 0.917 bits per heavy atom. The SMILES string of the molecule is C.C.CN(C)CN(C)CN(C)C. The molecule has 0 amide bonds. The molecule has 78 valence electrons. The zero-order chi connectivity index (χ0) is 8.15. The maximum Gasteiger partial charge on any atom is 0.0509 e. The Morgan fingerprint density at radius 1 is 0.667 bits per heavy atom. The highest BCUT2D eigenvalue weighted by molar-refractivity contribution is 4.45. The van der Waals surface area contributed by atoms with Crippen molar-refractivity contribution in [3.05, 3.63) is 0 Å². The monoisotopic (exact) mass is 177 g/mol. The van der Waals surface area contributed by atoms with E-state index in [9.17, 15) is 0 Å². The predicted octanol–water partition coefficient (Wildman–Crippen LogP) is 1.23. The third-order valence-electron chi connectivity index (χ3n) is 1.05. The second-order valence-corrected chi connectivity index (χ2v) is 3.30. The average molecular weight is 177 g/mol. The van der Waals surface area contributed by atoms with Crippen molar-refractivity contribution in [3.63, 3.8) is 0 Å². The van der Waals surface area contributed by atoms with Crippen LogP contribution in [0.15, 0.2) is 0 Å². The highest BCUT2D eigenvalue weighted by atomic mass is 15.3. The maximum atomic E-state index is 2.25. The van der Waals surface area contributed by atoms with Gasteiger partial charge in [-0.05, 0) is 35.2 Å². The predicted molar refractivity (Wildman–Crippen MR) is 58.3 cm³/mol. The topological polar surface area (TPSA) is 9.72 Å². The summed E-state index contributed by atoms with van der Waals surface area (Å²) in [5.41, 5.74) is 0. The summed E-state index contributed by atoms with van der Waals surface area (Å²) in [4.78, 5) is 6.56. The van der Waals surface area contributed by atoms with Gasteiger partial charge < -0.3 is 0 Å². The molecule has 0 fully saturated rings. The summed E-state index contributed by atoms with van der Waals surface area (Å²) in [6, 6.07) is 0. The number of rotatable bonds is 4. The van der Waals surface area contributed by atoms with Crippen LogP contribution >= 0.6 is 0 Å². The van der Waals surface area contributed by atoms with Crippen LogP contribution in [-0.4, -0.2) is 63.3 Å². The Labute approximate surface area is 78.9 Å². The second-order valence-electron chi connectivity index (χ2n) is 3.30. The Morgan fingerprint density at radius 3 is 1.08 bits per heavy atom. The molecule has 0 bridgehead atoms. The van der Waals surface area contributed by atoms with Gasteiger partial charge in [0.2, 0.25) is 0 Å². The number of nitrogens with zero attached hydrogens (tertiary/aromatic N) is 3. The molecule has 0 aromatic heterocycles. The zero-order valence-electron chi connectivity index (χ0n) is 7.76. The lowest BCUT2D eigenvalue weighted by Crippen LogP contribution is -2.36. The first-order valence-electron chi connectivity index (χ1n) is 3.50. The van der Waals surface area contributed by atoms with E-state index in [1.165, 1.54) is 0 Å². The van der Waals surface area contributed by atoms with E-state index in [0.29, 0.717) is 0 Å². The molecule has 0 aromatic carbocycles. The minimum absolute atomic E-state index is 0. The second kappa shape index (κ2) is 8.97. The molecule has 0 rings (SSSR count). The van der Waals surface area contributed by atoms with E-state index < -0.39 is 0 Å². The van der Waals surface area contributed by atoms with Crippen LogP contribution in [0.25, 0.3) is 0 Å². The van der Waals surface area contributed by atoms with Crippen LogP contribution in [0.1, 0.15) is 14.9 Å². The van der Waals surface area contributed by atoms with Gasteiger partial charge in [-0.25, -0.2) is 0 Å². The molecule has 0 heterocycles. The fourth-order valence-electron chi connectivity index (χ4n) is 1.01. The highest BCUT2D eigenvalue weighted by Gasteiger charge is 1.98. The smallest absolute Gasteiger partial charge is 0.0509 e. The summed E-state index contributed by atoms with van der Waals surface area (Å²) in [7, 11) is 10.4. The number of hydrogen-bond acceptors (Lipinski definition) is 3. The van der Waals surface area contributed by atoms with E-state index in [1.54, 1.807) is 0 Å². The largest absolute Gasteiger partial charge is 0.297 e. The molecule has 0 N–H and O–H groups in total. The lowest BCUT2D eigenvalue weighted by molar-refractivity contribution is 0.147. The third-order valence-corrected chi connectivity index (χ3v) is 1.05. The standard InChI is InChI=1S/C7H19N3.2CH4/c1-8(2)6-10(5)7-9(3)4;;/h6-7H2,1-5H3;2*1H4. The molecule has 12 heavy (non-hydrogen) atoms. The molecule has 0 radical (unpaired) electrons. The first-order chi connectivity index (χ1) is 4.52. The quantitative estimate of drug-likeness (QED) is 0.598. The Bertz CT molecular complexity index is 71.8. The fraction of sp³-hybridized carbons (Fsp3) is 1.00. The van der Waals surface area contributed by atoms with Gasteiger partial charge in [-0.15, -0.1) is 0 Å². The van der Waals surface area contributed by atoms with Gasteiger partial charge in [0.1, 0.15) is 0 Å². The van der Waals surface area contributed by atoms with Crippen LogP contribution in [0.2, 0.25) is 0 Å². The van der Waals surface area contributed by atoms with Gasteiger partial charge in [-0.3, -0.25) is 14.7 Å². The van der Waals surface area contributed by atoms with Crippen molar-refractivity contribution in [2.75, 3.05) is 48.6 Å². The minimum atomic E-state index is 0. The molecule has 0 saturated carbocycles. The molecule has 3 nitrogen and oxygen atoms in total. The summed E-state index contributed by atoms with van der Waals surface area (Å²) in [5, 5.41) is 0. The summed E-state index contributed by atoms with van der Waals surface area (Å²) in [6.07, 6.45) is 0. The molecule has 0 saturated heterocycles. The Hall–Kier alpha value is -0.120. The molecule has 0 spiro atoms. The third kappa shape index (κ3) is 12.5. The van der Waals surface area contributed by atoms with Gasteiger partial charge in [-0.2, -0.15) is 0 Å². The van der Waals surface area contributed by atoms with Gasteiger partial charge in [0, 0.05) is 0 Å². The van der Waals surface area contributed by atoms with Crippen molar-refractivity contribution in [2.24, 2.45) is 0 Å². The van der Waals surface area contributed by atoms with Crippen molar-refractivity contribution in [3.8, 4) is 0 Å². The van der Waals surface area contributed by atoms with Crippen LogP contribution in [0.4, 0.5) is 0 Å². The molecule has 0 aliphatic heterocycles. The summed E-state index contributed by atoms with van der Waals surface area (Å²) in [5.74, 6) is 0. The maximum absolute atomic E-state index is 2.25. The molecule has 0 unspecified atom stereocenters. The van der Waals surface area contributed by atoms with E-state index in [4.69, 9.17) is 0 Å². The fourth-order valence-corrected chi connectivity index (χ4v) is 1.01. The van der Waals surface area contributed by atoms with Crippen molar-refractivity contribution >= 4 is 0 Å². The highest BCUT2D eigenvalue weighted by Crippen LogP contribution is 1.85. The van der Waals surface area contributed by atoms with Crippen molar-refractivity contribution in [2.45, 2.75) is 14.9 Å². The first kappa shape index (κ1) is 17.8. The summed E-state index contributed by atoms with van der Waals surface area (Å²) < 4.78 is 0. The van der Waals surface area contributed by atoms with Crippen molar-refractivity contribution in [1.82, 2.24) is 14.7 Å². The van der Waals surface area contributed by atoms with E-state index in [-0.39, 0.29) is 14.9 Å². The van der Waals surface area contributed by atoms with Crippen LogP contribution in [0.5, 0.6) is 0 Å². The van der Waals surface area contributed by atoms with Crippen LogP contribution in [-0.2, 0) is 0 Å². The molecular weight excluding hydrogens is 150 g/mol. The lowest BCUT2D eigenvalue weighted by atomic mass is 10.7. The van der Waals surface area contributed by atoms with Gasteiger partial charge >= 0.3 is 0 Å². The first-order valence-corrected chi connectivity index (χ1v) is 3.50. The molecule has 0 aromatic rings. The molecule has 0 aliphatic rings. The molecular formula is C9H27N3. The normalized spacial score (nSPS) is 10.0. The van der Waals surface area contributed by atoms with Crippen molar-refractivity contribution in [1.29, 1.82) is 0 Å². The van der Waals surface area contributed by atoms with E-state index in [0.717, 1.165) is 13.3 Å². The molecule has 3 heteroatoms. The number of hydrogen-bond donors (Lipinski definition) is 0. The van der Waals surface area contributed by atoms with Crippen LogP contribution < -0.4 is 0 Å². The van der Waals surface area contributed by atoms with E-state index in [2.05, 4.69) is 49.9 Å². The van der Waals surface area contributed by atoms with Gasteiger partial charge in [0.25, 0.3) is 0 Å². The van der Waals surface area contributed by atoms with E-state index in [1.807, 2.05) is 0 Å². The van der Waals surface area contributed by atoms with E-state index >= 15 is 0 Å². The summed E-state index contributed by atoms with van der Waals surface area (Å²) >= 11 is 0. The summed E-state index contributed by atoms with van der Waals surface area (Å²) in [6.45, 7) is 2.02. The van der Waals surface area contributed by atoms with Gasteiger partial charge in [0.15, 0.2) is 0 Å². The van der Waals surface area contributed by atoms with Gasteiger partial charge in [-0.1, -0.05) is 14.9 Å². The minimum Gasteiger partial charge on any atom is -0.297 e. The molecule has 0 aliphatic carbocycles. The van der Waals surface area contributed by atoms with Crippen LogP contribution in [0.3, 0.4) is 0 Å². The molecule has 0 atom stereocenters.